The topological polar surface area (TPSA) is 67.2 Å². The van der Waals surface area contributed by atoms with Gasteiger partial charge >= 0.3 is 6.03 Å². The number of benzene rings is 1. The van der Waals surface area contributed by atoms with Gasteiger partial charge in [0, 0.05) is 6.54 Å². The Bertz CT molecular complexity index is 394. The first-order chi connectivity index (χ1) is 8.63. The van der Waals surface area contributed by atoms with Crippen LogP contribution in [0.5, 0.6) is 0 Å². The summed E-state index contributed by atoms with van der Waals surface area (Å²) in [6.07, 6.45) is 1.68. The van der Waals surface area contributed by atoms with Gasteiger partial charge in [0.15, 0.2) is 0 Å². The summed E-state index contributed by atoms with van der Waals surface area (Å²) in [5, 5.41) is 5.55. The molecule has 2 amide bonds. The molecule has 0 fully saturated rings. The van der Waals surface area contributed by atoms with Crippen molar-refractivity contribution >= 4 is 23.2 Å². The summed E-state index contributed by atoms with van der Waals surface area (Å²) in [5.41, 5.74) is 6.62. The number of nitrogens with one attached hydrogen (secondary N) is 2. The molecule has 0 bridgehead atoms. The largest absolute Gasteiger partial charge is 0.392 e. The molecule has 0 aromatic heterocycles. The van der Waals surface area contributed by atoms with E-state index in [0.717, 1.165) is 18.4 Å². The maximum Gasteiger partial charge on any atom is 0.315 e. The molecule has 0 aliphatic heterocycles. The van der Waals surface area contributed by atoms with Crippen molar-refractivity contribution in [2.45, 2.75) is 32.4 Å². The molecule has 0 aliphatic rings. The first-order valence-electron chi connectivity index (χ1n) is 6.01. The second-order valence-electron chi connectivity index (χ2n) is 4.06. The molecule has 1 atom stereocenters. The second-order valence-corrected chi connectivity index (χ2v) is 4.53. The lowest BCUT2D eigenvalue weighted by Crippen LogP contribution is -2.47. The third-order valence-electron chi connectivity index (χ3n) is 2.52. The van der Waals surface area contributed by atoms with E-state index in [1.165, 1.54) is 0 Å². The Morgan fingerprint density at radius 1 is 1.39 bits per heavy atom. The van der Waals surface area contributed by atoms with Crippen molar-refractivity contribution in [1.82, 2.24) is 10.6 Å². The SMILES string of the molecule is CCCC(NC(=O)NCc1ccccc1)C(N)=S. The van der Waals surface area contributed by atoms with Crippen LogP contribution in [0.2, 0.25) is 0 Å². The van der Waals surface area contributed by atoms with Gasteiger partial charge in [0.05, 0.1) is 11.0 Å². The van der Waals surface area contributed by atoms with Gasteiger partial charge in [-0.15, -0.1) is 0 Å². The first kappa shape index (κ1) is 14.4. The fourth-order valence-electron chi connectivity index (χ4n) is 1.56. The van der Waals surface area contributed by atoms with Gasteiger partial charge in [0.1, 0.15) is 0 Å². The van der Waals surface area contributed by atoms with Gasteiger partial charge in [0.25, 0.3) is 0 Å². The molecule has 0 spiro atoms. The third kappa shape index (κ3) is 5.14. The number of amides is 2. The number of thiocarbonyl (C=S) groups is 1. The molecule has 0 saturated heterocycles. The number of rotatable bonds is 6. The van der Waals surface area contributed by atoms with Gasteiger partial charge in [-0.1, -0.05) is 55.9 Å². The Balaban J connectivity index is 2.39. The number of carbonyl (C=O) groups excluding carboxylic acids is 1. The Kier molecular flexibility index (Phi) is 6.14. The Morgan fingerprint density at radius 2 is 2.06 bits per heavy atom. The molecular formula is C13H19N3OS. The van der Waals surface area contributed by atoms with Crippen LogP contribution < -0.4 is 16.4 Å². The number of hydrogen-bond donors (Lipinski definition) is 3. The molecule has 1 rings (SSSR count). The second kappa shape index (κ2) is 7.66. The van der Waals surface area contributed by atoms with Gasteiger partial charge in [-0.25, -0.2) is 4.79 Å². The highest BCUT2D eigenvalue weighted by atomic mass is 32.1. The molecule has 0 aliphatic carbocycles. The van der Waals surface area contributed by atoms with Gasteiger partial charge < -0.3 is 16.4 Å². The molecule has 0 heterocycles. The van der Waals surface area contributed by atoms with Crippen LogP contribution in [-0.2, 0) is 6.54 Å². The molecule has 1 aromatic rings. The van der Waals surface area contributed by atoms with Crippen LogP contribution in [0, 0.1) is 0 Å². The van der Waals surface area contributed by atoms with Crippen LogP contribution in [0.15, 0.2) is 30.3 Å². The molecule has 5 heteroatoms. The predicted octanol–water partition coefficient (Wildman–Crippen LogP) is 1.94. The summed E-state index contributed by atoms with van der Waals surface area (Å²) in [6, 6.07) is 9.24. The number of nitrogens with two attached hydrogens (primary N) is 1. The summed E-state index contributed by atoms with van der Waals surface area (Å²) in [4.78, 5) is 12.0. The lowest BCUT2D eigenvalue weighted by molar-refractivity contribution is 0.238. The molecule has 4 nitrogen and oxygen atoms in total. The van der Waals surface area contributed by atoms with Crippen LogP contribution in [0.1, 0.15) is 25.3 Å². The van der Waals surface area contributed by atoms with Crippen molar-refractivity contribution in [1.29, 1.82) is 0 Å². The maximum atomic E-state index is 11.7. The average Bonchev–Trinajstić information content (AvgIpc) is 2.37. The van der Waals surface area contributed by atoms with Gasteiger partial charge in [-0.05, 0) is 12.0 Å². The third-order valence-corrected chi connectivity index (χ3v) is 2.81. The van der Waals surface area contributed by atoms with Crippen molar-refractivity contribution in [2.75, 3.05) is 0 Å². The molecule has 0 radical (unpaired) electrons. The maximum absolute atomic E-state index is 11.7. The van der Waals surface area contributed by atoms with E-state index in [4.69, 9.17) is 18.0 Å². The number of hydrogen-bond acceptors (Lipinski definition) is 2. The summed E-state index contributed by atoms with van der Waals surface area (Å²) < 4.78 is 0. The highest BCUT2D eigenvalue weighted by Gasteiger charge is 2.13. The zero-order valence-electron chi connectivity index (χ0n) is 10.5. The van der Waals surface area contributed by atoms with E-state index < -0.39 is 0 Å². The van der Waals surface area contributed by atoms with E-state index in [2.05, 4.69) is 10.6 Å². The van der Waals surface area contributed by atoms with E-state index in [-0.39, 0.29) is 12.1 Å². The summed E-state index contributed by atoms with van der Waals surface area (Å²) in [5.74, 6) is 0. The van der Waals surface area contributed by atoms with Crippen LogP contribution in [0.4, 0.5) is 4.79 Å². The highest BCUT2D eigenvalue weighted by Crippen LogP contribution is 1.99. The molecular weight excluding hydrogens is 246 g/mol. The summed E-state index contributed by atoms with van der Waals surface area (Å²) in [7, 11) is 0. The molecule has 1 unspecified atom stereocenters. The first-order valence-corrected chi connectivity index (χ1v) is 6.42. The van der Waals surface area contributed by atoms with Crippen molar-refractivity contribution in [2.24, 2.45) is 5.73 Å². The normalized spacial score (nSPS) is 11.6. The van der Waals surface area contributed by atoms with Crippen LogP contribution in [0.25, 0.3) is 0 Å². The number of carbonyl (C=O) groups is 1. The number of urea groups is 1. The van der Waals surface area contributed by atoms with Gasteiger partial charge in [-0.3, -0.25) is 0 Å². The monoisotopic (exact) mass is 265 g/mol. The van der Waals surface area contributed by atoms with Crippen molar-refractivity contribution in [3.05, 3.63) is 35.9 Å². The van der Waals surface area contributed by atoms with E-state index in [9.17, 15) is 4.79 Å². The minimum absolute atomic E-state index is 0.235. The van der Waals surface area contributed by atoms with E-state index in [1.807, 2.05) is 37.3 Å². The van der Waals surface area contributed by atoms with E-state index in [0.29, 0.717) is 11.5 Å². The van der Waals surface area contributed by atoms with E-state index >= 15 is 0 Å². The quantitative estimate of drug-likeness (QED) is 0.689. The van der Waals surface area contributed by atoms with Crippen LogP contribution in [-0.4, -0.2) is 17.1 Å². The van der Waals surface area contributed by atoms with Gasteiger partial charge in [0.2, 0.25) is 0 Å². The molecule has 18 heavy (non-hydrogen) atoms. The fraction of sp³-hybridized carbons (Fsp3) is 0.385. The fourth-order valence-corrected chi connectivity index (χ4v) is 1.74. The van der Waals surface area contributed by atoms with Crippen molar-refractivity contribution < 1.29 is 4.79 Å². The van der Waals surface area contributed by atoms with Crippen LogP contribution >= 0.6 is 12.2 Å². The van der Waals surface area contributed by atoms with Crippen molar-refractivity contribution in [3.63, 3.8) is 0 Å². The lowest BCUT2D eigenvalue weighted by atomic mass is 10.2. The molecule has 4 N–H and O–H groups in total. The minimum atomic E-state index is -0.245. The smallest absolute Gasteiger partial charge is 0.315 e. The summed E-state index contributed by atoms with van der Waals surface area (Å²) in [6.45, 7) is 2.51. The zero-order valence-corrected chi connectivity index (χ0v) is 11.3. The minimum Gasteiger partial charge on any atom is -0.392 e. The Hall–Kier alpha value is -1.62. The molecule has 98 valence electrons. The van der Waals surface area contributed by atoms with Crippen molar-refractivity contribution in [3.8, 4) is 0 Å². The lowest BCUT2D eigenvalue weighted by Gasteiger charge is -2.17. The Morgan fingerprint density at radius 3 is 2.61 bits per heavy atom. The Labute approximate surface area is 113 Å². The predicted molar refractivity (Wildman–Crippen MR) is 77.3 cm³/mol. The summed E-state index contributed by atoms with van der Waals surface area (Å²) >= 11 is 4.91. The average molecular weight is 265 g/mol. The highest BCUT2D eigenvalue weighted by molar-refractivity contribution is 7.80. The molecule has 1 aromatic carbocycles. The van der Waals surface area contributed by atoms with Crippen LogP contribution in [0.3, 0.4) is 0 Å². The van der Waals surface area contributed by atoms with Gasteiger partial charge in [-0.2, -0.15) is 0 Å². The van der Waals surface area contributed by atoms with E-state index in [1.54, 1.807) is 0 Å². The zero-order chi connectivity index (χ0) is 13.4. The standard InChI is InChI=1S/C13H19N3OS/c1-2-6-11(12(14)18)16-13(17)15-9-10-7-4-3-5-8-10/h3-5,7-8,11H,2,6,9H2,1H3,(H2,14,18)(H2,15,16,17). The molecule has 0 saturated carbocycles.